The zero-order valence-corrected chi connectivity index (χ0v) is 13.3. The maximum atomic E-state index is 13.1. The fraction of sp³-hybridized carbons (Fsp3) is 0.471. The molecule has 1 N–H and O–H groups in total. The lowest BCUT2D eigenvalue weighted by atomic mass is 10.1. The van der Waals surface area contributed by atoms with Crippen LogP contribution in [-0.4, -0.2) is 15.1 Å². The van der Waals surface area contributed by atoms with Crippen molar-refractivity contribution in [3.63, 3.8) is 0 Å². The molecule has 0 unspecified atom stereocenters. The van der Waals surface area contributed by atoms with Crippen molar-refractivity contribution in [3.05, 3.63) is 53.4 Å². The molecule has 1 heterocycles. The summed E-state index contributed by atoms with van der Waals surface area (Å²) in [7, 11) is 0. The van der Waals surface area contributed by atoms with Crippen LogP contribution in [0.3, 0.4) is 0 Å². The quantitative estimate of drug-likeness (QED) is 0.913. The summed E-state index contributed by atoms with van der Waals surface area (Å²) in [5.74, 6) is -0.172. The normalized spacial score (nSPS) is 11.9. The van der Waals surface area contributed by atoms with Crippen LogP contribution in [0.2, 0.25) is 0 Å². The molecule has 0 radical (unpaired) electrons. The van der Waals surface area contributed by atoms with Crippen LogP contribution in [0.4, 0.5) is 4.39 Å². The Balaban J connectivity index is 1.99. The van der Waals surface area contributed by atoms with Gasteiger partial charge in [0.15, 0.2) is 0 Å². The summed E-state index contributed by atoms with van der Waals surface area (Å²) in [6.45, 7) is 10.1. The molecular weight excluding hydrogens is 265 g/mol. The molecule has 0 aliphatic rings. The third-order valence-corrected chi connectivity index (χ3v) is 3.53. The van der Waals surface area contributed by atoms with Crippen molar-refractivity contribution in [2.75, 3.05) is 0 Å². The fourth-order valence-electron chi connectivity index (χ4n) is 2.23. The number of benzene rings is 1. The van der Waals surface area contributed by atoms with Gasteiger partial charge in [0.1, 0.15) is 5.82 Å². The summed E-state index contributed by atoms with van der Waals surface area (Å²) in [6, 6.07) is 4.98. The highest BCUT2D eigenvalue weighted by molar-refractivity contribution is 5.26. The Morgan fingerprint density at radius 3 is 2.71 bits per heavy atom. The summed E-state index contributed by atoms with van der Waals surface area (Å²) in [5.41, 5.74) is 3.44. The predicted octanol–water partition coefficient (Wildman–Crippen LogP) is 3.46. The highest BCUT2D eigenvalue weighted by Crippen LogP contribution is 2.12. The summed E-state index contributed by atoms with van der Waals surface area (Å²) >= 11 is 0. The van der Waals surface area contributed by atoms with Gasteiger partial charge in [-0.15, -0.1) is 0 Å². The maximum Gasteiger partial charge on any atom is 0.123 e. The van der Waals surface area contributed by atoms with Crippen LogP contribution in [0.15, 0.2) is 30.7 Å². The van der Waals surface area contributed by atoms with Gasteiger partial charge < -0.3 is 9.88 Å². The Morgan fingerprint density at radius 2 is 2.05 bits per heavy atom. The second-order valence-electron chi connectivity index (χ2n) is 6.50. The first kappa shape index (κ1) is 15.7. The van der Waals surface area contributed by atoms with E-state index in [2.05, 4.69) is 35.6 Å². The maximum absolute atomic E-state index is 13.1. The molecule has 0 saturated heterocycles. The largest absolute Gasteiger partial charge is 0.333 e. The van der Waals surface area contributed by atoms with Crippen LogP contribution >= 0.6 is 0 Å². The molecule has 0 aliphatic carbocycles. The van der Waals surface area contributed by atoms with Crippen LogP contribution < -0.4 is 5.32 Å². The SMILES string of the molecule is Cc1cc(F)ccc1CCn1cncc1CNC(C)(C)C. The van der Waals surface area contributed by atoms with Crippen molar-refractivity contribution in [1.82, 2.24) is 14.9 Å². The number of hydrogen-bond donors (Lipinski definition) is 1. The third-order valence-electron chi connectivity index (χ3n) is 3.53. The van der Waals surface area contributed by atoms with E-state index in [0.29, 0.717) is 0 Å². The van der Waals surface area contributed by atoms with Gasteiger partial charge in [-0.1, -0.05) is 6.07 Å². The summed E-state index contributed by atoms with van der Waals surface area (Å²) in [5, 5.41) is 3.47. The van der Waals surface area contributed by atoms with Crippen LogP contribution in [0, 0.1) is 12.7 Å². The lowest BCUT2D eigenvalue weighted by molar-refractivity contribution is 0.415. The Kier molecular flexibility index (Phi) is 4.78. The number of imidazole rings is 1. The Labute approximate surface area is 126 Å². The number of rotatable bonds is 5. The number of nitrogens with zero attached hydrogens (tertiary/aromatic N) is 2. The summed E-state index contributed by atoms with van der Waals surface area (Å²) < 4.78 is 15.3. The summed E-state index contributed by atoms with van der Waals surface area (Å²) in [4.78, 5) is 4.23. The number of nitrogens with one attached hydrogen (secondary N) is 1. The van der Waals surface area contributed by atoms with Gasteiger partial charge in [0.2, 0.25) is 0 Å². The molecule has 21 heavy (non-hydrogen) atoms. The van der Waals surface area contributed by atoms with E-state index >= 15 is 0 Å². The lowest BCUT2D eigenvalue weighted by Gasteiger charge is -2.21. The van der Waals surface area contributed by atoms with Gasteiger partial charge in [0.25, 0.3) is 0 Å². The number of halogens is 1. The number of aromatic nitrogens is 2. The average molecular weight is 289 g/mol. The highest BCUT2D eigenvalue weighted by atomic mass is 19.1. The smallest absolute Gasteiger partial charge is 0.123 e. The minimum Gasteiger partial charge on any atom is -0.333 e. The van der Waals surface area contributed by atoms with Crippen molar-refractivity contribution < 1.29 is 4.39 Å². The number of aryl methyl sites for hydroxylation is 3. The first-order valence-corrected chi connectivity index (χ1v) is 7.34. The van der Waals surface area contributed by atoms with Gasteiger partial charge in [0.05, 0.1) is 12.0 Å². The molecule has 0 atom stereocenters. The van der Waals surface area contributed by atoms with E-state index in [4.69, 9.17) is 0 Å². The van der Waals surface area contributed by atoms with Gasteiger partial charge >= 0.3 is 0 Å². The van der Waals surface area contributed by atoms with Gasteiger partial charge in [-0.05, 0) is 57.4 Å². The minimum atomic E-state index is -0.172. The standard InChI is InChI=1S/C17H24FN3/c1-13-9-15(18)6-5-14(13)7-8-21-12-19-10-16(21)11-20-17(2,3)4/h5-6,9-10,12,20H,7-8,11H2,1-4H3. The van der Waals surface area contributed by atoms with Crippen molar-refractivity contribution in [2.45, 2.75) is 52.7 Å². The van der Waals surface area contributed by atoms with Gasteiger partial charge in [-0.3, -0.25) is 0 Å². The first-order chi connectivity index (χ1) is 9.85. The van der Waals surface area contributed by atoms with Crippen molar-refractivity contribution in [2.24, 2.45) is 0 Å². The summed E-state index contributed by atoms with van der Waals surface area (Å²) in [6.07, 6.45) is 4.64. The molecule has 0 aliphatic heterocycles. The van der Waals surface area contributed by atoms with E-state index < -0.39 is 0 Å². The Hall–Kier alpha value is -1.68. The molecule has 2 aromatic rings. The van der Waals surface area contributed by atoms with Crippen molar-refractivity contribution in [3.8, 4) is 0 Å². The molecule has 4 heteroatoms. The highest BCUT2D eigenvalue weighted by Gasteiger charge is 2.10. The monoisotopic (exact) mass is 289 g/mol. The van der Waals surface area contributed by atoms with E-state index in [0.717, 1.165) is 25.1 Å². The van der Waals surface area contributed by atoms with Gasteiger partial charge in [0, 0.05) is 24.8 Å². The molecule has 114 valence electrons. The molecule has 1 aromatic heterocycles. The van der Waals surface area contributed by atoms with Crippen LogP contribution in [-0.2, 0) is 19.5 Å². The molecule has 1 aromatic carbocycles. The second kappa shape index (κ2) is 6.39. The van der Waals surface area contributed by atoms with Gasteiger partial charge in [-0.2, -0.15) is 0 Å². The molecule has 2 rings (SSSR count). The van der Waals surface area contributed by atoms with E-state index in [1.54, 1.807) is 6.07 Å². The third kappa shape index (κ3) is 4.67. The minimum absolute atomic E-state index is 0.0860. The topological polar surface area (TPSA) is 29.9 Å². The first-order valence-electron chi connectivity index (χ1n) is 7.34. The average Bonchev–Trinajstić information content (AvgIpc) is 2.82. The van der Waals surface area contributed by atoms with Crippen molar-refractivity contribution in [1.29, 1.82) is 0 Å². The zero-order valence-electron chi connectivity index (χ0n) is 13.3. The van der Waals surface area contributed by atoms with Crippen LogP contribution in [0.25, 0.3) is 0 Å². The predicted molar refractivity (Wildman–Crippen MR) is 83.7 cm³/mol. The van der Waals surface area contributed by atoms with Gasteiger partial charge in [-0.25, -0.2) is 9.37 Å². The zero-order chi connectivity index (χ0) is 15.5. The molecule has 3 nitrogen and oxygen atoms in total. The van der Waals surface area contributed by atoms with Crippen LogP contribution in [0.1, 0.15) is 37.6 Å². The van der Waals surface area contributed by atoms with E-state index in [-0.39, 0.29) is 11.4 Å². The van der Waals surface area contributed by atoms with Crippen molar-refractivity contribution >= 4 is 0 Å². The molecule has 0 amide bonds. The molecule has 0 bridgehead atoms. The lowest BCUT2D eigenvalue weighted by Crippen LogP contribution is -2.35. The van der Waals surface area contributed by atoms with Crippen LogP contribution in [0.5, 0.6) is 0 Å². The fourth-order valence-corrected chi connectivity index (χ4v) is 2.23. The molecular formula is C17H24FN3. The van der Waals surface area contributed by atoms with E-state index in [1.807, 2.05) is 25.5 Å². The Bertz CT molecular complexity index is 596. The molecule has 0 saturated carbocycles. The van der Waals surface area contributed by atoms with E-state index in [1.165, 1.54) is 17.3 Å². The number of hydrogen-bond acceptors (Lipinski definition) is 2. The van der Waals surface area contributed by atoms with E-state index in [9.17, 15) is 4.39 Å². The molecule has 0 fully saturated rings. The second-order valence-corrected chi connectivity index (χ2v) is 6.50. The Morgan fingerprint density at radius 1 is 1.29 bits per heavy atom. The molecule has 0 spiro atoms.